The lowest BCUT2D eigenvalue weighted by atomic mass is 10.1. The minimum absolute atomic E-state index is 0. The zero-order valence-electron chi connectivity index (χ0n) is 6.50. The minimum atomic E-state index is 0. The summed E-state index contributed by atoms with van der Waals surface area (Å²) in [5, 5.41) is 0. The molecule has 0 aliphatic heterocycles. The van der Waals surface area contributed by atoms with Crippen LogP contribution in [-0.4, -0.2) is 5.78 Å². The van der Waals surface area contributed by atoms with Crippen LogP contribution < -0.4 is 5.73 Å². The van der Waals surface area contributed by atoms with Gasteiger partial charge in [-0.25, -0.2) is 0 Å². The van der Waals surface area contributed by atoms with Crippen LogP contribution in [0.3, 0.4) is 0 Å². The molecular formula is C10H15NO. The van der Waals surface area contributed by atoms with E-state index in [1.54, 1.807) is 13.0 Å². The topological polar surface area (TPSA) is 43.1 Å². The van der Waals surface area contributed by atoms with Crippen molar-refractivity contribution in [3.05, 3.63) is 35.4 Å². The first-order valence-corrected chi connectivity index (χ1v) is 3.54. The van der Waals surface area contributed by atoms with E-state index >= 15 is 0 Å². The van der Waals surface area contributed by atoms with Gasteiger partial charge >= 0.3 is 0 Å². The molecule has 0 aliphatic rings. The number of nitrogens with two attached hydrogens (primary N) is 1. The van der Waals surface area contributed by atoms with Gasteiger partial charge in [-0.3, -0.25) is 4.79 Å². The summed E-state index contributed by atoms with van der Waals surface area (Å²) in [6.07, 6.45) is 0. The molecule has 0 aromatic heterocycles. The first-order chi connectivity index (χ1) is 5.24. The summed E-state index contributed by atoms with van der Waals surface area (Å²) in [7, 11) is 0. The molecule has 0 fully saturated rings. The molecule has 0 saturated carbocycles. The Kier molecular flexibility index (Phi) is 4.22. The van der Waals surface area contributed by atoms with Crippen molar-refractivity contribution in [2.45, 2.75) is 20.9 Å². The first-order valence-electron chi connectivity index (χ1n) is 3.54. The van der Waals surface area contributed by atoms with Gasteiger partial charge in [-0.1, -0.05) is 25.6 Å². The Balaban J connectivity index is 0.00000121. The number of carbonyl (C=O) groups excluding carboxylic acids is 1. The predicted octanol–water partition coefficient (Wildman–Crippen LogP) is 1.98. The molecule has 1 aromatic carbocycles. The average molecular weight is 165 g/mol. The molecule has 2 N–H and O–H groups in total. The van der Waals surface area contributed by atoms with Crippen molar-refractivity contribution in [1.82, 2.24) is 0 Å². The van der Waals surface area contributed by atoms with E-state index in [0.29, 0.717) is 6.54 Å². The Morgan fingerprint density at radius 1 is 1.50 bits per heavy atom. The highest BCUT2D eigenvalue weighted by molar-refractivity contribution is 5.94. The number of hydrogen-bond acceptors (Lipinski definition) is 2. The molecule has 0 bridgehead atoms. The van der Waals surface area contributed by atoms with Crippen molar-refractivity contribution in [3.63, 3.8) is 0 Å². The minimum Gasteiger partial charge on any atom is -0.326 e. The van der Waals surface area contributed by atoms with E-state index in [9.17, 15) is 4.79 Å². The molecule has 0 radical (unpaired) electrons. The Morgan fingerprint density at radius 2 is 2.17 bits per heavy atom. The fraction of sp³-hybridized carbons (Fsp3) is 0.300. The number of carbonyl (C=O) groups is 1. The fourth-order valence-corrected chi connectivity index (χ4v) is 0.917. The van der Waals surface area contributed by atoms with Crippen LogP contribution in [0.2, 0.25) is 0 Å². The van der Waals surface area contributed by atoms with Gasteiger partial charge in [0.15, 0.2) is 5.78 Å². The number of hydrogen-bond donors (Lipinski definition) is 1. The van der Waals surface area contributed by atoms with Crippen LogP contribution in [0.25, 0.3) is 0 Å². The maximum atomic E-state index is 10.9. The van der Waals surface area contributed by atoms with E-state index in [1.807, 2.05) is 18.2 Å². The predicted molar refractivity (Wildman–Crippen MR) is 51.1 cm³/mol. The molecule has 2 nitrogen and oxygen atoms in total. The first kappa shape index (κ1) is 10.8. The van der Waals surface area contributed by atoms with Crippen molar-refractivity contribution in [2.75, 3.05) is 0 Å². The summed E-state index contributed by atoms with van der Waals surface area (Å²) in [5.74, 6) is 0.0836. The molecule has 0 unspecified atom stereocenters. The summed E-state index contributed by atoms with van der Waals surface area (Å²) >= 11 is 0. The maximum absolute atomic E-state index is 10.9. The lowest BCUT2D eigenvalue weighted by Crippen LogP contribution is -1.98. The zero-order valence-corrected chi connectivity index (χ0v) is 6.50. The molecule has 0 aliphatic carbocycles. The monoisotopic (exact) mass is 165 g/mol. The fourth-order valence-electron chi connectivity index (χ4n) is 0.917. The standard InChI is InChI=1S/C9H11NO.CH4/c1-7(11)9-4-2-3-8(5-9)6-10;/h2-5H,6,10H2,1H3;1H4. The van der Waals surface area contributed by atoms with Crippen molar-refractivity contribution in [3.8, 4) is 0 Å². The van der Waals surface area contributed by atoms with Gasteiger partial charge in [0.1, 0.15) is 0 Å². The van der Waals surface area contributed by atoms with Gasteiger partial charge in [-0.15, -0.1) is 0 Å². The van der Waals surface area contributed by atoms with Crippen molar-refractivity contribution in [1.29, 1.82) is 0 Å². The molecule has 2 heteroatoms. The zero-order chi connectivity index (χ0) is 8.27. The molecule has 0 heterocycles. The molecule has 1 rings (SSSR count). The van der Waals surface area contributed by atoms with Gasteiger partial charge in [0.2, 0.25) is 0 Å². The van der Waals surface area contributed by atoms with Gasteiger partial charge in [0.05, 0.1) is 0 Å². The third-order valence-electron chi connectivity index (χ3n) is 1.57. The van der Waals surface area contributed by atoms with Crippen molar-refractivity contribution >= 4 is 5.78 Å². The second-order valence-corrected chi connectivity index (χ2v) is 2.46. The van der Waals surface area contributed by atoms with Crippen LogP contribution >= 0.6 is 0 Å². The van der Waals surface area contributed by atoms with Gasteiger partial charge in [0.25, 0.3) is 0 Å². The Morgan fingerprint density at radius 3 is 2.67 bits per heavy atom. The number of benzene rings is 1. The molecule has 66 valence electrons. The largest absolute Gasteiger partial charge is 0.326 e. The molecule has 0 saturated heterocycles. The molecule has 1 aromatic rings. The lowest BCUT2D eigenvalue weighted by molar-refractivity contribution is 0.101. The highest BCUT2D eigenvalue weighted by Crippen LogP contribution is 2.04. The number of rotatable bonds is 2. The van der Waals surface area contributed by atoms with Gasteiger partial charge in [-0.05, 0) is 18.6 Å². The second-order valence-electron chi connectivity index (χ2n) is 2.46. The van der Waals surface area contributed by atoms with Crippen LogP contribution in [-0.2, 0) is 6.54 Å². The van der Waals surface area contributed by atoms with Crippen LogP contribution in [0, 0.1) is 0 Å². The maximum Gasteiger partial charge on any atom is 0.159 e. The highest BCUT2D eigenvalue weighted by atomic mass is 16.1. The quantitative estimate of drug-likeness (QED) is 0.681. The highest BCUT2D eigenvalue weighted by Gasteiger charge is 1.97. The molecular weight excluding hydrogens is 150 g/mol. The van der Waals surface area contributed by atoms with E-state index in [2.05, 4.69) is 0 Å². The van der Waals surface area contributed by atoms with Gasteiger partial charge < -0.3 is 5.73 Å². The average Bonchev–Trinajstić information content (AvgIpc) is 2.05. The molecule has 0 amide bonds. The van der Waals surface area contributed by atoms with Gasteiger partial charge in [-0.2, -0.15) is 0 Å². The lowest BCUT2D eigenvalue weighted by Gasteiger charge is -1.98. The van der Waals surface area contributed by atoms with Gasteiger partial charge in [0, 0.05) is 12.1 Å². The van der Waals surface area contributed by atoms with Crippen molar-refractivity contribution < 1.29 is 4.79 Å². The third-order valence-corrected chi connectivity index (χ3v) is 1.57. The van der Waals surface area contributed by atoms with E-state index in [4.69, 9.17) is 5.73 Å². The Hall–Kier alpha value is -1.15. The van der Waals surface area contributed by atoms with E-state index < -0.39 is 0 Å². The second kappa shape index (κ2) is 4.67. The number of Topliss-reactive ketones (excluding diaryl/α,β-unsaturated/α-hetero) is 1. The molecule has 12 heavy (non-hydrogen) atoms. The van der Waals surface area contributed by atoms with Crippen LogP contribution in [0.5, 0.6) is 0 Å². The normalized spacial score (nSPS) is 8.83. The Bertz CT molecular complexity index is 268. The summed E-state index contributed by atoms with van der Waals surface area (Å²) in [5.41, 5.74) is 7.14. The summed E-state index contributed by atoms with van der Waals surface area (Å²) in [6, 6.07) is 7.37. The molecule has 0 atom stereocenters. The summed E-state index contributed by atoms with van der Waals surface area (Å²) in [6.45, 7) is 2.04. The van der Waals surface area contributed by atoms with Crippen LogP contribution in [0.4, 0.5) is 0 Å². The van der Waals surface area contributed by atoms with E-state index in [0.717, 1.165) is 11.1 Å². The summed E-state index contributed by atoms with van der Waals surface area (Å²) in [4.78, 5) is 10.9. The van der Waals surface area contributed by atoms with E-state index in [1.165, 1.54) is 0 Å². The van der Waals surface area contributed by atoms with Crippen LogP contribution in [0.1, 0.15) is 30.3 Å². The Labute approximate surface area is 73.4 Å². The SMILES string of the molecule is C.CC(=O)c1cccc(CN)c1. The summed E-state index contributed by atoms with van der Waals surface area (Å²) < 4.78 is 0. The van der Waals surface area contributed by atoms with Crippen LogP contribution in [0.15, 0.2) is 24.3 Å². The molecule has 0 spiro atoms. The van der Waals surface area contributed by atoms with Crippen molar-refractivity contribution in [2.24, 2.45) is 5.73 Å². The smallest absolute Gasteiger partial charge is 0.159 e. The van der Waals surface area contributed by atoms with E-state index in [-0.39, 0.29) is 13.2 Å². The number of ketones is 1. The third kappa shape index (κ3) is 2.47.